The number of rotatable bonds is 1. The van der Waals surface area contributed by atoms with Gasteiger partial charge in [-0.2, -0.15) is 0 Å². The summed E-state index contributed by atoms with van der Waals surface area (Å²) in [5.74, 6) is -0.295. The molecule has 1 fully saturated rings. The maximum Gasteiger partial charge on any atom is 0.322 e. The molecule has 13 heavy (non-hydrogen) atoms. The Hall–Kier alpha value is -1.84. The smallest absolute Gasteiger partial charge is 0.322 e. The van der Waals surface area contributed by atoms with Crippen LogP contribution in [0.5, 0.6) is 0 Å². The average molecular weight is 176 g/mol. The van der Waals surface area contributed by atoms with E-state index in [1.807, 2.05) is 18.2 Å². The van der Waals surface area contributed by atoms with Crippen LogP contribution in [0.3, 0.4) is 0 Å². The zero-order valence-electron chi connectivity index (χ0n) is 6.78. The lowest BCUT2D eigenvalue weighted by atomic mass is 10.1. The summed E-state index contributed by atoms with van der Waals surface area (Å²) >= 11 is 0. The van der Waals surface area contributed by atoms with E-state index in [9.17, 15) is 9.59 Å². The monoisotopic (exact) mass is 176 g/mol. The van der Waals surface area contributed by atoms with Crippen molar-refractivity contribution < 1.29 is 9.59 Å². The summed E-state index contributed by atoms with van der Waals surface area (Å²) in [6, 6.07) is 8.15. The van der Waals surface area contributed by atoms with Crippen LogP contribution >= 0.6 is 0 Å². The number of carbonyl (C=O) groups excluding carboxylic acids is 2. The topological polar surface area (TPSA) is 58.2 Å². The van der Waals surface area contributed by atoms with E-state index in [0.717, 1.165) is 5.56 Å². The van der Waals surface area contributed by atoms with E-state index < -0.39 is 12.1 Å². The molecule has 0 radical (unpaired) electrons. The normalized spacial score (nSPS) is 21.1. The maximum atomic E-state index is 11.2. The first kappa shape index (κ1) is 7.79. The van der Waals surface area contributed by atoms with Gasteiger partial charge >= 0.3 is 6.03 Å². The van der Waals surface area contributed by atoms with Gasteiger partial charge in [0.05, 0.1) is 0 Å². The van der Waals surface area contributed by atoms with Crippen LogP contribution in [0.2, 0.25) is 0 Å². The molecule has 2 rings (SSSR count). The minimum absolute atomic E-state index is 0.295. The summed E-state index contributed by atoms with van der Waals surface area (Å²) in [6.45, 7) is 0. The zero-order chi connectivity index (χ0) is 9.26. The lowest BCUT2D eigenvalue weighted by Gasteiger charge is -2.05. The molecule has 3 amide bonds. The van der Waals surface area contributed by atoms with Crippen molar-refractivity contribution in [3.8, 4) is 0 Å². The molecule has 0 aromatic heterocycles. The van der Waals surface area contributed by atoms with Crippen LogP contribution in [0.15, 0.2) is 30.3 Å². The van der Waals surface area contributed by atoms with Crippen molar-refractivity contribution in [2.24, 2.45) is 0 Å². The standard InChI is InChI=1S/C9H8N2O2/c12-8-7(10-9(13)11-8)6-4-2-1-3-5-6/h1-5,7H,(H2,10,11,12,13)/t7-/m0/s1. The number of amides is 3. The van der Waals surface area contributed by atoms with E-state index in [4.69, 9.17) is 0 Å². The Kier molecular flexibility index (Phi) is 1.73. The fourth-order valence-corrected chi connectivity index (χ4v) is 1.30. The van der Waals surface area contributed by atoms with Gasteiger partial charge in [0.1, 0.15) is 6.04 Å². The molecule has 2 N–H and O–H groups in total. The third-order valence-electron chi connectivity index (χ3n) is 1.91. The Morgan fingerprint density at radius 2 is 1.77 bits per heavy atom. The van der Waals surface area contributed by atoms with Gasteiger partial charge in [-0.05, 0) is 5.56 Å². The predicted molar refractivity (Wildman–Crippen MR) is 45.9 cm³/mol. The van der Waals surface area contributed by atoms with E-state index in [0.29, 0.717) is 0 Å². The maximum absolute atomic E-state index is 11.2. The van der Waals surface area contributed by atoms with E-state index in [2.05, 4.69) is 10.6 Å². The second-order valence-corrected chi connectivity index (χ2v) is 2.81. The summed E-state index contributed by atoms with van der Waals surface area (Å²) in [7, 11) is 0. The van der Waals surface area contributed by atoms with E-state index >= 15 is 0 Å². The third kappa shape index (κ3) is 1.38. The van der Waals surface area contributed by atoms with Crippen molar-refractivity contribution in [1.29, 1.82) is 0 Å². The van der Waals surface area contributed by atoms with Gasteiger partial charge in [0.2, 0.25) is 0 Å². The minimum atomic E-state index is -0.534. The molecule has 66 valence electrons. The van der Waals surface area contributed by atoms with Crippen LogP contribution in [0.25, 0.3) is 0 Å². The Morgan fingerprint density at radius 1 is 1.08 bits per heavy atom. The van der Waals surface area contributed by atoms with Gasteiger partial charge in [-0.15, -0.1) is 0 Å². The molecule has 1 atom stereocenters. The largest absolute Gasteiger partial charge is 0.322 e. The molecule has 0 unspecified atom stereocenters. The summed E-state index contributed by atoms with van der Waals surface area (Å²) in [6.07, 6.45) is 0. The summed E-state index contributed by atoms with van der Waals surface area (Å²) in [5, 5.41) is 4.70. The van der Waals surface area contributed by atoms with Crippen LogP contribution in [-0.2, 0) is 4.79 Å². The van der Waals surface area contributed by atoms with Gasteiger partial charge in [-0.25, -0.2) is 4.79 Å². The lowest BCUT2D eigenvalue weighted by Crippen LogP contribution is -2.22. The first-order valence-electron chi connectivity index (χ1n) is 3.93. The van der Waals surface area contributed by atoms with Crippen LogP contribution in [0, 0.1) is 0 Å². The molecule has 0 aliphatic carbocycles. The van der Waals surface area contributed by atoms with Crippen molar-refractivity contribution in [2.75, 3.05) is 0 Å². The van der Waals surface area contributed by atoms with Gasteiger partial charge in [0, 0.05) is 0 Å². The molecule has 1 aromatic carbocycles. The minimum Gasteiger partial charge on any atom is -0.322 e. The Morgan fingerprint density at radius 3 is 2.31 bits per heavy atom. The van der Waals surface area contributed by atoms with Gasteiger partial charge in [-0.3, -0.25) is 10.1 Å². The molecule has 0 spiro atoms. The highest BCUT2D eigenvalue weighted by Gasteiger charge is 2.30. The van der Waals surface area contributed by atoms with E-state index in [1.54, 1.807) is 12.1 Å². The first-order valence-corrected chi connectivity index (χ1v) is 3.93. The van der Waals surface area contributed by atoms with Crippen LogP contribution in [0.4, 0.5) is 4.79 Å². The van der Waals surface area contributed by atoms with E-state index in [-0.39, 0.29) is 5.91 Å². The van der Waals surface area contributed by atoms with Crippen molar-refractivity contribution >= 4 is 11.9 Å². The molecule has 1 aromatic rings. The average Bonchev–Trinajstić information content (AvgIpc) is 2.47. The molecule has 1 aliphatic rings. The number of hydrogen-bond donors (Lipinski definition) is 2. The predicted octanol–water partition coefficient (Wildman–Crippen LogP) is 0.567. The highest BCUT2D eigenvalue weighted by Crippen LogP contribution is 2.15. The molecule has 4 nitrogen and oxygen atoms in total. The second kappa shape index (κ2) is 2.90. The lowest BCUT2D eigenvalue weighted by molar-refractivity contribution is -0.120. The molecule has 0 bridgehead atoms. The van der Waals surface area contributed by atoms with Gasteiger partial charge in [0.25, 0.3) is 5.91 Å². The number of hydrogen-bond acceptors (Lipinski definition) is 2. The molecule has 0 saturated carbocycles. The Balaban J connectivity index is 2.28. The number of nitrogens with one attached hydrogen (secondary N) is 2. The second-order valence-electron chi connectivity index (χ2n) is 2.81. The van der Waals surface area contributed by atoms with Crippen LogP contribution < -0.4 is 10.6 Å². The SMILES string of the molecule is O=C1NC(=O)[C@H](c2ccccc2)N1. The molecule has 1 aliphatic heterocycles. The van der Waals surface area contributed by atoms with Gasteiger partial charge in [-0.1, -0.05) is 30.3 Å². The fraction of sp³-hybridized carbons (Fsp3) is 0.111. The number of urea groups is 1. The molecule has 1 saturated heterocycles. The summed E-state index contributed by atoms with van der Waals surface area (Å²) in [4.78, 5) is 22.0. The molecule has 1 heterocycles. The number of carbonyl (C=O) groups is 2. The summed E-state index contributed by atoms with van der Waals surface area (Å²) in [5.41, 5.74) is 0.797. The highest BCUT2D eigenvalue weighted by atomic mass is 16.2. The molecular weight excluding hydrogens is 168 g/mol. The van der Waals surface area contributed by atoms with Crippen molar-refractivity contribution in [3.05, 3.63) is 35.9 Å². The molecular formula is C9H8N2O2. The van der Waals surface area contributed by atoms with Gasteiger partial charge in [0.15, 0.2) is 0 Å². The zero-order valence-corrected chi connectivity index (χ0v) is 6.78. The third-order valence-corrected chi connectivity index (χ3v) is 1.91. The highest BCUT2D eigenvalue weighted by molar-refractivity contribution is 6.04. The Labute approximate surface area is 74.9 Å². The number of benzene rings is 1. The van der Waals surface area contributed by atoms with Crippen molar-refractivity contribution in [2.45, 2.75) is 6.04 Å². The van der Waals surface area contributed by atoms with E-state index in [1.165, 1.54) is 0 Å². The fourth-order valence-electron chi connectivity index (χ4n) is 1.30. The van der Waals surface area contributed by atoms with Crippen LogP contribution in [-0.4, -0.2) is 11.9 Å². The quantitative estimate of drug-likeness (QED) is 0.614. The Bertz CT molecular complexity index is 348. The number of imide groups is 1. The molecule has 4 heteroatoms. The first-order chi connectivity index (χ1) is 6.27. The van der Waals surface area contributed by atoms with Crippen LogP contribution in [0.1, 0.15) is 11.6 Å². The van der Waals surface area contributed by atoms with Crippen molar-refractivity contribution in [3.63, 3.8) is 0 Å². The van der Waals surface area contributed by atoms with Crippen molar-refractivity contribution in [1.82, 2.24) is 10.6 Å². The van der Waals surface area contributed by atoms with Gasteiger partial charge < -0.3 is 5.32 Å². The summed E-state index contributed by atoms with van der Waals surface area (Å²) < 4.78 is 0.